The van der Waals surface area contributed by atoms with Crippen LogP contribution in [0.4, 0.5) is 27.8 Å². The lowest BCUT2D eigenvalue weighted by Crippen LogP contribution is -2.29. The van der Waals surface area contributed by atoms with Crippen LogP contribution in [-0.4, -0.2) is 33.2 Å². The SMILES string of the molecule is Cc1nc(C(=O)C2CCCC(F)(F)C[C@@H](C)C(CNc3ccc(C(F)(F)F)cn3)C2)c(-c2ccccn2)s1. The Kier molecular flexibility index (Phi) is 8.44. The van der Waals surface area contributed by atoms with Crippen LogP contribution in [-0.2, 0) is 6.18 Å². The number of aryl methyl sites for hydroxylation is 1. The van der Waals surface area contributed by atoms with E-state index in [1.807, 2.05) is 13.0 Å². The Labute approximate surface area is 221 Å². The van der Waals surface area contributed by atoms with E-state index < -0.39 is 29.5 Å². The lowest BCUT2D eigenvalue weighted by atomic mass is 9.80. The second-order valence-corrected chi connectivity index (χ2v) is 11.1. The van der Waals surface area contributed by atoms with Crippen molar-refractivity contribution in [2.45, 2.75) is 58.1 Å². The van der Waals surface area contributed by atoms with Gasteiger partial charge in [0, 0.05) is 37.7 Å². The topological polar surface area (TPSA) is 67.8 Å². The zero-order chi connectivity index (χ0) is 27.5. The van der Waals surface area contributed by atoms with Crippen LogP contribution in [0.15, 0.2) is 42.7 Å². The van der Waals surface area contributed by atoms with Crippen LogP contribution in [0, 0.1) is 24.7 Å². The minimum absolute atomic E-state index is 0.190. The van der Waals surface area contributed by atoms with Gasteiger partial charge in [-0.05, 0) is 62.3 Å². The molecule has 1 N–H and O–H groups in total. The minimum atomic E-state index is -4.50. The van der Waals surface area contributed by atoms with Gasteiger partial charge >= 0.3 is 6.18 Å². The lowest BCUT2D eigenvalue weighted by molar-refractivity contribution is -0.137. The highest BCUT2D eigenvalue weighted by atomic mass is 32.1. The van der Waals surface area contributed by atoms with Gasteiger partial charge in [0.05, 0.1) is 21.1 Å². The number of pyridine rings is 2. The lowest BCUT2D eigenvalue weighted by Gasteiger charge is -2.28. The number of halogens is 5. The van der Waals surface area contributed by atoms with Crippen molar-refractivity contribution in [1.82, 2.24) is 15.0 Å². The van der Waals surface area contributed by atoms with Crippen molar-refractivity contribution >= 4 is 22.9 Å². The van der Waals surface area contributed by atoms with Gasteiger partial charge in [-0.15, -0.1) is 11.3 Å². The summed E-state index contributed by atoms with van der Waals surface area (Å²) in [7, 11) is 0. The molecule has 204 valence electrons. The van der Waals surface area contributed by atoms with Gasteiger partial charge in [-0.25, -0.2) is 18.7 Å². The Hall–Kier alpha value is -2.95. The maximum absolute atomic E-state index is 14.7. The third-order valence-electron chi connectivity index (χ3n) is 6.98. The average Bonchev–Trinajstić information content (AvgIpc) is 3.27. The highest BCUT2D eigenvalue weighted by Crippen LogP contribution is 2.40. The number of aromatic nitrogens is 3. The van der Waals surface area contributed by atoms with Gasteiger partial charge in [-0.3, -0.25) is 9.78 Å². The number of nitrogens with one attached hydrogen (secondary N) is 1. The fraction of sp³-hybridized carbons (Fsp3) is 0.481. The van der Waals surface area contributed by atoms with Gasteiger partial charge in [0.25, 0.3) is 0 Å². The largest absolute Gasteiger partial charge is 0.417 e. The molecule has 5 nitrogen and oxygen atoms in total. The molecule has 3 aromatic rings. The molecule has 2 unspecified atom stereocenters. The van der Waals surface area contributed by atoms with Gasteiger partial charge in [-0.2, -0.15) is 13.2 Å². The van der Waals surface area contributed by atoms with Gasteiger partial charge < -0.3 is 5.32 Å². The number of Topliss-reactive ketones (excluding diaryl/α,β-unsaturated/α-hetero) is 1. The second-order valence-electron chi connectivity index (χ2n) is 9.92. The molecule has 4 rings (SSSR count). The van der Waals surface area contributed by atoms with E-state index in [4.69, 9.17) is 0 Å². The monoisotopic (exact) mass is 552 g/mol. The van der Waals surface area contributed by atoms with Crippen molar-refractivity contribution in [2.24, 2.45) is 17.8 Å². The summed E-state index contributed by atoms with van der Waals surface area (Å²) in [5.41, 5.74) is 0.0772. The number of thiazole rings is 1. The van der Waals surface area contributed by atoms with Crippen molar-refractivity contribution < 1.29 is 26.7 Å². The van der Waals surface area contributed by atoms with Crippen molar-refractivity contribution in [3.05, 3.63) is 59.0 Å². The first-order valence-electron chi connectivity index (χ1n) is 12.5. The Morgan fingerprint density at radius 3 is 2.63 bits per heavy atom. The highest BCUT2D eigenvalue weighted by molar-refractivity contribution is 7.15. The highest BCUT2D eigenvalue weighted by Gasteiger charge is 2.38. The predicted molar refractivity (Wildman–Crippen MR) is 136 cm³/mol. The number of alkyl halides is 5. The van der Waals surface area contributed by atoms with Crippen molar-refractivity contribution in [2.75, 3.05) is 11.9 Å². The molecule has 0 saturated heterocycles. The van der Waals surface area contributed by atoms with Gasteiger partial charge in [0.1, 0.15) is 11.5 Å². The Balaban J connectivity index is 1.57. The molecule has 3 atom stereocenters. The summed E-state index contributed by atoms with van der Waals surface area (Å²) in [5.74, 6) is -4.14. The molecule has 0 radical (unpaired) electrons. The van der Waals surface area contributed by atoms with Crippen LogP contribution in [0.3, 0.4) is 0 Å². The summed E-state index contributed by atoms with van der Waals surface area (Å²) in [6, 6.07) is 7.55. The normalized spacial score (nSPS) is 22.2. The molecule has 0 bridgehead atoms. The van der Waals surface area contributed by atoms with E-state index in [0.29, 0.717) is 34.1 Å². The van der Waals surface area contributed by atoms with Crippen molar-refractivity contribution in [3.63, 3.8) is 0 Å². The molecule has 1 aliphatic carbocycles. The zero-order valence-electron chi connectivity index (χ0n) is 21.1. The van der Waals surface area contributed by atoms with Crippen LogP contribution < -0.4 is 5.32 Å². The quantitative estimate of drug-likeness (QED) is 0.251. The first kappa shape index (κ1) is 28.1. The summed E-state index contributed by atoms with van der Waals surface area (Å²) in [6.45, 7) is 3.74. The van der Waals surface area contributed by atoms with Crippen molar-refractivity contribution in [3.8, 4) is 10.6 Å². The number of nitrogens with zero attached hydrogens (tertiary/aromatic N) is 3. The number of carbonyl (C=O) groups excluding carboxylic acids is 1. The van der Waals surface area contributed by atoms with E-state index in [-0.39, 0.29) is 43.3 Å². The van der Waals surface area contributed by atoms with E-state index in [1.54, 1.807) is 25.3 Å². The molecule has 1 aliphatic rings. The first-order chi connectivity index (χ1) is 17.9. The van der Waals surface area contributed by atoms with Crippen LogP contribution in [0.2, 0.25) is 0 Å². The van der Waals surface area contributed by atoms with Gasteiger partial charge in [0.2, 0.25) is 5.92 Å². The summed E-state index contributed by atoms with van der Waals surface area (Å²) < 4.78 is 67.9. The molecule has 0 amide bonds. The summed E-state index contributed by atoms with van der Waals surface area (Å²) in [5, 5.41) is 3.71. The summed E-state index contributed by atoms with van der Waals surface area (Å²) in [6.07, 6.45) is -1.90. The standard InChI is InChI=1S/C27H29F5N4OS/c1-16-13-26(28,29)10-5-6-18(12-19(16)14-34-22-9-8-20(15-35-22)27(30,31)32)24(37)23-25(38-17(2)36-23)21-7-3-4-11-33-21/h3-4,7-9,11,15-16,18-19H,5-6,10,12-14H2,1-2H3,(H,34,35)/t16-,18?,19?/m1/s1. The second kappa shape index (κ2) is 11.4. The fourth-order valence-corrected chi connectivity index (χ4v) is 5.85. The Morgan fingerprint density at radius 2 is 1.97 bits per heavy atom. The molecule has 0 aliphatic heterocycles. The third kappa shape index (κ3) is 6.92. The molecule has 11 heteroatoms. The Bertz CT molecular complexity index is 1230. The molecule has 1 fully saturated rings. The third-order valence-corrected chi connectivity index (χ3v) is 7.97. The molecule has 3 heterocycles. The molecule has 1 saturated carbocycles. The first-order valence-corrected chi connectivity index (χ1v) is 13.3. The van der Waals surface area contributed by atoms with Gasteiger partial charge in [-0.1, -0.05) is 13.0 Å². The van der Waals surface area contributed by atoms with E-state index in [2.05, 4.69) is 20.3 Å². The summed E-state index contributed by atoms with van der Waals surface area (Å²) in [4.78, 5) is 27.1. The van der Waals surface area contributed by atoms with Crippen LogP contribution in [0.1, 0.15) is 60.1 Å². The maximum atomic E-state index is 14.7. The molecule has 0 aromatic carbocycles. The number of ketones is 1. The fourth-order valence-electron chi connectivity index (χ4n) is 4.95. The number of hydrogen-bond acceptors (Lipinski definition) is 6. The zero-order valence-corrected chi connectivity index (χ0v) is 21.9. The average molecular weight is 553 g/mol. The predicted octanol–water partition coefficient (Wildman–Crippen LogP) is 7.69. The molecular formula is C27H29F5N4OS. The van der Waals surface area contributed by atoms with E-state index >= 15 is 0 Å². The van der Waals surface area contributed by atoms with E-state index in [9.17, 15) is 26.7 Å². The minimum Gasteiger partial charge on any atom is -0.370 e. The van der Waals surface area contributed by atoms with Gasteiger partial charge in [0.15, 0.2) is 5.78 Å². The smallest absolute Gasteiger partial charge is 0.370 e. The van der Waals surface area contributed by atoms with Crippen molar-refractivity contribution in [1.29, 1.82) is 0 Å². The summed E-state index contributed by atoms with van der Waals surface area (Å²) >= 11 is 1.37. The number of rotatable bonds is 6. The molecule has 38 heavy (non-hydrogen) atoms. The number of carbonyl (C=O) groups is 1. The Morgan fingerprint density at radius 1 is 1.18 bits per heavy atom. The van der Waals surface area contributed by atoms with Crippen LogP contribution in [0.5, 0.6) is 0 Å². The molecule has 0 spiro atoms. The number of anilines is 1. The van der Waals surface area contributed by atoms with E-state index in [0.717, 1.165) is 12.3 Å². The van der Waals surface area contributed by atoms with E-state index in [1.165, 1.54) is 17.4 Å². The van der Waals surface area contributed by atoms with Crippen LogP contribution in [0.25, 0.3) is 10.6 Å². The molecular weight excluding hydrogens is 523 g/mol. The number of hydrogen-bond donors (Lipinski definition) is 1. The molecule has 3 aromatic heterocycles. The maximum Gasteiger partial charge on any atom is 0.417 e. The van der Waals surface area contributed by atoms with Crippen LogP contribution >= 0.6 is 11.3 Å².